The van der Waals surface area contributed by atoms with Crippen molar-refractivity contribution in [1.82, 2.24) is 10.2 Å². The molecule has 1 atom stereocenters. The van der Waals surface area contributed by atoms with E-state index in [2.05, 4.69) is 10.6 Å². The summed E-state index contributed by atoms with van der Waals surface area (Å²) in [7, 11) is 0. The van der Waals surface area contributed by atoms with Crippen LogP contribution in [0.15, 0.2) is 18.2 Å². The lowest BCUT2D eigenvalue weighted by Crippen LogP contribution is -2.54. The number of rotatable bonds is 14. The summed E-state index contributed by atoms with van der Waals surface area (Å²) in [5, 5.41) is 4.86. The molecule has 2 N–H and O–H groups in total. The van der Waals surface area contributed by atoms with E-state index in [0.717, 1.165) is 17.7 Å². The second kappa shape index (κ2) is 13.6. The maximum atomic E-state index is 13.1. The van der Waals surface area contributed by atoms with Crippen LogP contribution in [0.5, 0.6) is 0 Å². The van der Waals surface area contributed by atoms with Gasteiger partial charge in [-0.1, -0.05) is 12.5 Å². The summed E-state index contributed by atoms with van der Waals surface area (Å²) in [4.78, 5) is 73.6. The molecule has 0 aromatic heterocycles. The highest BCUT2D eigenvalue weighted by molar-refractivity contribution is 6.26. The number of piperidine rings is 1. The highest BCUT2D eigenvalue weighted by Crippen LogP contribution is 2.32. The molecule has 12 nitrogen and oxygen atoms in total. The Morgan fingerprint density at radius 3 is 2.43 bits per heavy atom. The molecule has 1 aromatic carbocycles. The predicted molar refractivity (Wildman–Crippen MR) is 128 cm³/mol. The Balaban J connectivity index is 1.38. The van der Waals surface area contributed by atoms with Gasteiger partial charge in [-0.3, -0.25) is 39.0 Å². The molecular weight excluding hydrogens is 486 g/mol. The van der Waals surface area contributed by atoms with Crippen LogP contribution in [-0.4, -0.2) is 79.5 Å². The molecule has 1 aromatic rings. The molecule has 37 heavy (non-hydrogen) atoms. The number of unbranched alkanes of at least 4 members (excludes halogenated alkanes) is 2. The Hall–Kier alpha value is -3.64. The van der Waals surface area contributed by atoms with Gasteiger partial charge in [0.25, 0.3) is 11.8 Å². The maximum absolute atomic E-state index is 13.1. The number of nitrogens with one attached hydrogen (secondary N) is 2. The van der Waals surface area contributed by atoms with E-state index in [1.54, 1.807) is 6.07 Å². The summed E-state index contributed by atoms with van der Waals surface area (Å²) in [6.45, 7) is 3.20. The standard InChI is InChI=1S/C25H31N3O9/c1-16(29)37-15-14-36-13-12-35-11-4-2-3-8-20(30)26-18-7-5-6-17-22(18)25(34)28(24(17)33)19-9-10-21(31)27-23(19)32/h5-7,19H,2-4,8-15H2,1H3,(H,26,30)(H,27,31,32). The smallest absolute Gasteiger partial charge is 0.302 e. The Labute approximate surface area is 214 Å². The van der Waals surface area contributed by atoms with E-state index >= 15 is 0 Å². The summed E-state index contributed by atoms with van der Waals surface area (Å²) >= 11 is 0. The second-order valence-corrected chi connectivity index (χ2v) is 8.60. The van der Waals surface area contributed by atoms with Gasteiger partial charge in [0.15, 0.2) is 0 Å². The minimum atomic E-state index is -1.07. The number of hydrogen-bond acceptors (Lipinski definition) is 9. The molecule has 3 rings (SSSR count). The summed E-state index contributed by atoms with van der Waals surface area (Å²) < 4.78 is 15.5. The van der Waals surface area contributed by atoms with Gasteiger partial charge in [-0.25, -0.2) is 0 Å². The Morgan fingerprint density at radius 2 is 1.70 bits per heavy atom. The van der Waals surface area contributed by atoms with Crippen LogP contribution in [0, 0.1) is 0 Å². The number of amides is 5. The van der Waals surface area contributed by atoms with E-state index in [1.165, 1.54) is 19.1 Å². The summed E-state index contributed by atoms with van der Waals surface area (Å²) in [5.74, 6) is -3.07. The average molecular weight is 518 g/mol. The minimum absolute atomic E-state index is 0.0316. The van der Waals surface area contributed by atoms with Gasteiger partial charge in [0.2, 0.25) is 17.7 Å². The van der Waals surface area contributed by atoms with E-state index in [-0.39, 0.29) is 54.6 Å². The first kappa shape index (κ1) is 27.9. The molecule has 0 bridgehead atoms. The molecule has 200 valence electrons. The van der Waals surface area contributed by atoms with Crippen molar-refractivity contribution in [3.05, 3.63) is 29.3 Å². The Bertz CT molecular complexity index is 1060. The molecule has 2 aliphatic heterocycles. The second-order valence-electron chi connectivity index (χ2n) is 8.60. The highest BCUT2D eigenvalue weighted by atomic mass is 16.6. The molecular formula is C25H31N3O9. The first-order valence-corrected chi connectivity index (χ1v) is 12.2. The normalized spacial score (nSPS) is 17.0. The monoisotopic (exact) mass is 517 g/mol. The quantitative estimate of drug-likeness (QED) is 0.210. The van der Waals surface area contributed by atoms with Gasteiger partial charge in [-0.05, 0) is 31.4 Å². The first-order valence-electron chi connectivity index (χ1n) is 12.2. The molecule has 1 unspecified atom stereocenters. The lowest BCUT2D eigenvalue weighted by molar-refractivity contribution is -0.142. The zero-order chi connectivity index (χ0) is 26.8. The third-order valence-corrected chi connectivity index (χ3v) is 5.84. The zero-order valence-corrected chi connectivity index (χ0v) is 20.7. The number of carbonyl (C=O) groups excluding carboxylic acids is 6. The van der Waals surface area contributed by atoms with Crippen LogP contribution in [0.1, 0.15) is 66.2 Å². The minimum Gasteiger partial charge on any atom is -0.463 e. The van der Waals surface area contributed by atoms with Gasteiger partial charge in [0.1, 0.15) is 12.6 Å². The van der Waals surface area contributed by atoms with Gasteiger partial charge in [0, 0.05) is 26.4 Å². The van der Waals surface area contributed by atoms with Crippen molar-refractivity contribution in [2.45, 2.75) is 51.5 Å². The van der Waals surface area contributed by atoms with Crippen LogP contribution < -0.4 is 10.6 Å². The number of esters is 1. The number of ether oxygens (including phenoxy) is 3. The molecule has 5 amide bonds. The van der Waals surface area contributed by atoms with Crippen molar-refractivity contribution < 1.29 is 43.0 Å². The fourth-order valence-electron chi connectivity index (χ4n) is 4.06. The lowest BCUT2D eigenvalue weighted by Gasteiger charge is -2.27. The van der Waals surface area contributed by atoms with Gasteiger partial charge in [-0.15, -0.1) is 0 Å². The molecule has 1 fully saturated rings. The topological polar surface area (TPSA) is 157 Å². The largest absolute Gasteiger partial charge is 0.463 e. The number of carbonyl (C=O) groups is 6. The number of anilines is 1. The fourth-order valence-corrected chi connectivity index (χ4v) is 4.06. The maximum Gasteiger partial charge on any atom is 0.302 e. The van der Waals surface area contributed by atoms with Crippen LogP contribution in [0.2, 0.25) is 0 Å². The van der Waals surface area contributed by atoms with Crippen molar-refractivity contribution in [3.63, 3.8) is 0 Å². The molecule has 12 heteroatoms. The van der Waals surface area contributed by atoms with Crippen LogP contribution in [-0.2, 0) is 33.4 Å². The van der Waals surface area contributed by atoms with Crippen LogP contribution in [0.4, 0.5) is 5.69 Å². The van der Waals surface area contributed by atoms with Crippen molar-refractivity contribution in [2.24, 2.45) is 0 Å². The molecule has 1 saturated heterocycles. The Morgan fingerprint density at radius 1 is 0.973 bits per heavy atom. The van der Waals surface area contributed by atoms with Crippen molar-refractivity contribution >= 4 is 41.2 Å². The fraction of sp³-hybridized carbons (Fsp3) is 0.520. The molecule has 0 spiro atoms. The highest BCUT2D eigenvalue weighted by Gasteiger charge is 2.45. The number of nitrogens with zero attached hydrogens (tertiary/aromatic N) is 1. The van der Waals surface area contributed by atoms with Gasteiger partial charge < -0.3 is 19.5 Å². The number of hydrogen-bond donors (Lipinski definition) is 2. The zero-order valence-electron chi connectivity index (χ0n) is 20.7. The SMILES string of the molecule is CC(=O)OCCOCCOCCCCCC(=O)Nc1cccc2c1C(=O)N(C1CCC(=O)NC1=O)C2=O. The van der Waals surface area contributed by atoms with Crippen LogP contribution in [0.3, 0.4) is 0 Å². The van der Waals surface area contributed by atoms with Gasteiger partial charge in [-0.2, -0.15) is 0 Å². The van der Waals surface area contributed by atoms with E-state index in [1.807, 2.05) is 0 Å². The molecule has 2 heterocycles. The molecule has 2 aliphatic rings. The number of fused-ring (bicyclic) bond motifs is 1. The first-order chi connectivity index (χ1) is 17.8. The summed E-state index contributed by atoms with van der Waals surface area (Å²) in [6, 6.07) is 3.51. The summed E-state index contributed by atoms with van der Waals surface area (Å²) in [5.41, 5.74) is 0.377. The molecule has 0 aliphatic carbocycles. The average Bonchev–Trinajstić information content (AvgIpc) is 3.10. The third kappa shape index (κ3) is 7.67. The van der Waals surface area contributed by atoms with Gasteiger partial charge >= 0.3 is 5.97 Å². The van der Waals surface area contributed by atoms with E-state index in [0.29, 0.717) is 32.8 Å². The van der Waals surface area contributed by atoms with E-state index < -0.39 is 29.7 Å². The van der Waals surface area contributed by atoms with Crippen molar-refractivity contribution in [3.8, 4) is 0 Å². The molecule has 0 radical (unpaired) electrons. The lowest BCUT2D eigenvalue weighted by atomic mass is 10.0. The summed E-state index contributed by atoms with van der Waals surface area (Å²) in [6.07, 6.45) is 2.44. The van der Waals surface area contributed by atoms with E-state index in [4.69, 9.17) is 14.2 Å². The number of benzene rings is 1. The van der Waals surface area contributed by atoms with Crippen molar-refractivity contribution in [1.29, 1.82) is 0 Å². The Kier molecular flexibility index (Phi) is 10.3. The third-order valence-electron chi connectivity index (χ3n) is 5.84. The predicted octanol–water partition coefficient (Wildman–Crippen LogP) is 1.18. The molecule has 0 saturated carbocycles. The van der Waals surface area contributed by atoms with Crippen molar-refractivity contribution in [2.75, 3.05) is 38.4 Å². The van der Waals surface area contributed by atoms with E-state index in [9.17, 15) is 28.8 Å². The van der Waals surface area contributed by atoms with Gasteiger partial charge in [0.05, 0.1) is 36.6 Å². The van der Waals surface area contributed by atoms with Crippen LogP contribution in [0.25, 0.3) is 0 Å². The number of imide groups is 2. The van der Waals surface area contributed by atoms with Crippen LogP contribution >= 0.6 is 0 Å².